The van der Waals surface area contributed by atoms with Gasteiger partial charge in [-0.3, -0.25) is 0 Å². The van der Waals surface area contributed by atoms with Crippen LogP contribution in [0.4, 0.5) is 0 Å². The minimum Gasteiger partial charge on any atom is -0.361 e. The van der Waals surface area contributed by atoms with Crippen LogP contribution in [0.2, 0.25) is 0 Å². The van der Waals surface area contributed by atoms with Crippen molar-refractivity contribution in [3.05, 3.63) is 17.0 Å². The van der Waals surface area contributed by atoms with Gasteiger partial charge in [0.1, 0.15) is 5.76 Å². The molecule has 2 rings (SSSR count). The van der Waals surface area contributed by atoms with Gasteiger partial charge in [0.05, 0.1) is 5.69 Å². The van der Waals surface area contributed by atoms with E-state index in [1.807, 2.05) is 6.92 Å². The first-order valence-corrected chi connectivity index (χ1v) is 4.42. The molecule has 0 amide bonds. The van der Waals surface area contributed by atoms with Gasteiger partial charge in [0, 0.05) is 18.0 Å². The van der Waals surface area contributed by atoms with Crippen molar-refractivity contribution in [2.45, 2.75) is 26.2 Å². The number of aromatic nitrogens is 1. The summed E-state index contributed by atoms with van der Waals surface area (Å²) in [5.74, 6) is 1.63. The Morgan fingerprint density at radius 3 is 2.83 bits per heavy atom. The molecule has 0 saturated carbocycles. The van der Waals surface area contributed by atoms with Gasteiger partial charge < -0.3 is 9.84 Å². The van der Waals surface area contributed by atoms with Gasteiger partial charge in [0.2, 0.25) is 0 Å². The number of aryl methyl sites for hydroxylation is 1. The first kappa shape index (κ1) is 7.80. The number of nitrogens with one attached hydrogen (secondary N) is 1. The van der Waals surface area contributed by atoms with Crippen LogP contribution in [-0.4, -0.2) is 18.2 Å². The number of nitrogens with zero attached hydrogens (tertiary/aromatic N) is 1. The second-order valence-electron chi connectivity index (χ2n) is 3.45. The molecular weight excluding hydrogens is 152 g/mol. The lowest BCUT2D eigenvalue weighted by Gasteiger charge is -2.03. The van der Waals surface area contributed by atoms with Gasteiger partial charge in [-0.1, -0.05) is 5.16 Å². The SMILES string of the molecule is Cc1noc(C2CCNC2)c1C. The molecular formula is C9H14N2O. The third-order valence-corrected chi connectivity index (χ3v) is 2.62. The molecule has 3 heteroatoms. The van der Waals surface area contributed by atoms with Crippen LogP contribution in [0.15, 0.2) is 4.52 Å². The van der Waals surface area contributed by atoms with Gasteiger partial charge in [-0.05, 0) is 26.8 Å². The van der Waals surface area contributed by atoms with Gasteiger partial charge in [0.25, 0.3) is 0 Å². The molecule has 1 aliphatic rings. The molecule has 0 aliphatic carbocycles. The van der Waals surface area contributed by atoms with Crippen molar-refractivity contribution in [1.29, 1.82) is 0 Å². The second-order valence-corrected chi connectivity index (χ2v) is 3.45. The predicted molar refractivity (Wildman–Crippen MR) is 46.2 cm³/mol. The second kappa shape index (κ2) is 2.90. The lowest BCUT2D eigenvalue weighted by molar-refractivity contribution is 0.361. The molecule has 0 radical (unpaired) electrons. The summed E-state index contributed by atoms with van der Waals surface area (Å²) in [4.78, 5) is 0. The summed E-state index contributed by atoms with van der Waals surface area (Å²) in [5, 5.41) is 7.28. The van der Waals surface area contributed by atoms with Crippen molar-refractivity contribution in [2.75, 3.05) is 13.1 Å². The van der Waals surface area contributed by atoms with Gasteiger partial charge in [-0.25, -0.2) is 0 Å². The monoisotopic (exact) mass is 166 g/mol. The summed E-state index contributed by atoms with van der Waals surface area (Å²) in [5.41, 5.74) is 2.25. The summed E-state index contributed by atoms with van der Waals surface area (Å²) in [7, 11) is 0. The highest BCUT2D eigenvalue weighted by Crippen LogP contribution is 2.26. The van der Waals surface area contributed by atoms with Crippen molar-refractivity contribution in [2.24, 2.45) is 0 Å². The smallest absolute Gasteiger partial charge is 0.144 e. The summed E-state index contributed by atoms with van der Waals surface area (Å²) < 4.78 is 5.29. The average molecular weight is 166 g/mol. The summed E-state index contributed by atoms with van der Waals surface area (Å²) >= 11 is 0. The Morgan fingerprint density at radius 2 is 2.33 bits per heavy atom. The standard InChI is InChI=1S/C9H14N2O/c1-6-7(2)11-12-9(6)8-3-4-10-5-8/h8,10H,3-5H2,1-2H3. The molecule has 12 heavy (non-hydrogen) atoms. The molecule has 1 aliphatic heterocycles. The Bertz CT molecular complexity index is 274. The Kier molecular flexibility index (Phi) is 1.89. The van der Waals surface area contributed by atoms with Crippen molar-refractivity contribution in [3.63, 3.8) is 0 Å². The van der Waals surface area contributed by atoms with E-state index in [9.17, 15) is 0 Å². The molecule has 1 aromatic heterocycles. The quantitative estimate of drug-likeness (QED) is 0.684. The minimum atomic E-state index is 0.547. The third kappa shape index (κ3) is 1.14. The van der Waals surface area contributed by atoms with Crippen LogP contribution >= 0.6 is 0 Å². The molecule has 0 spiro atoms. The Hall–Kier alpha value is -0.830. The molecule has 1 atom stereocenters. The lowest BCUT2D eigenvalue weighted by Crippen LogP contribution is -2.08. The first-order chi connectivity index (χ1) is 5.79. The van der Waals surface area contributed by atoms with E-state index in [-0.39, 0.29) is 0 Å². The van der Waals surface area contributed by atoms with Crippen LogP contribution < -0.4 is 5.32 Å². The molecule has 66 valence electrons. The number of rotatable bonds is 1. The highest BCUT2D eigenvalue weighted by atomic mass is 16.5. The van der Waals surface area contributed by atoms with E-state index < -0.39 is 0 Å². The molecule has 1 saturated heterocycles. The third-order valence-electron chi connectivity index (χ3n) is 2.62. The normalized spacial score (nSPS) is 23.3. The van der Waals surface area contributed by atoms with E-state index in [4.69, 9.17) is 4.52 Å². The minimum absolute atomic E-state index is 0.547. The summed E-state index contributed by atoms with van der Waals surface area (Å²) in [6.45, 7) is 6.21. The molecule has 1 N–H and O–H groups in total. The van der Waals surface area contributed by atoms with E-state index >= 15 is 0 Å². The fraction of sp³-hybridized carbons (Fsp3) is 0.667. The summed E-state index contributed by atoms with van der Waals surface area (Å²) in [6, 6.07) is 0. The highest BCUT2D eigenvalue weighted by molar-refractivity contribution is 5.23. The van der Waals surface area contributed by atoms with Crippen LogP contribution in [0.25, 0.3) is 0 Å². The van der Waals surface area contributed by atoms with E-state index in [1.165, 1.54) is 12.0 Å². The van der Waals surface area contributed by atoms with E-state index in [1.54, 1.807) is 0 Å². The number of hydrogen-bond donors (Lipinski definition) is 1. The van der Waals surface area contributed by atoms with Crippen molar-refractivity contribution >= 4 is 0 Å². The molecule has 1 unspecified atom stereocenters. The zero-order valence-electron chi connectivity index (χ0n) is 7.55. The highest BCUT2D eigenvalue weighted by Gasteiger charge is 2.23. The van der Waals surface area contributed by atoms with Crippen molar-refractivity contribution in [3.8, 4) is 0 Å². The van der Waals surface area contributed by atoms with Crippen LogP contribution in [0.1, 0.15) is 29.4 Å². The Morgan fingerprint density at radius 1 is 1.50 bits per heavy atom. The van der Waals surface area contributed by atoms with Gasteiger partial charge in [-0.2, -0.15) is 0 Å². The van der Waals surface area contributed by atoms with E-state index in [2.05, 4.69) is 17.4 Å². The maximum Gasteiger partial charge on any atom is 0.144 e. The maximum atomic E-state index is 5.29. The molecule has 1 fully saturated rings. The zero-order valence-corrected chi connectivity index (χ0v) is 7.55. The van der Waals surface area contributed by atoms with Crippen LogP contribution in [-0.2, 0) is 0 Å². The fourth-order valence-electron chi connectivity index (χ4n) is 1.69. The van der Waals surface area contributed by atoms with E-state index in [0.717, 1.165) is 24.5 Å². The largest absolute Gasteiger partial charge is 0.361 e. The van der Waals surface area contributed by atoms with Crippen LogP contribution in [0, 0.1) is 13.8 Å². The predicted octanol–water partition coefficient (Wildman–Crippen LogP) is 1.37. The summed E-state index contributed by atoms with van der Waals surface area (Å²) in [6.07, 6.45) is 1.18. The lowest BCUT2D eigenvalue weighted by atomic mass is 10.0. The average Bonchev–Trinajstić information content (AvgIpc) is 2.64. The molecule has 3 nitrogen and oxygen atoms in total. The number of hydrogen-bond acceptors (Lipinski definition) is 3. The Labute approximate surface area is 72.1 Å². The van der Waals surface area contributed by atoms with Gasteiger partial charge in [0.15, 0.2) is 0 Å². The van der Waals surface area contributed by atoms with Crippen molar-refractivity contribution < 1.29 is 4.52 Å². The van der Waals surface area contributed by atoms with Crippen LogP contribution in [0.3, 0.4) is 0 Å². The maximum absolute atomic E-state index is 5.29. The molecule has 0 bridgehead atoms. The van der Waals surface area contributed by atoms with Crippen LogP contribution in [0.5, 0.6) is 0 Å². The topological polar surface area (TPSA) is 38.1 Å². The Balaban J connectivity index is 2.26. The zero-order chi connectivity index (χ0) is 8.55. The van der Waals surface area contributed by atoms with E-state index in [0.29, 0.717) is 5.92 Å². The molecule has 2 heterocycles. The van der Waals surface area contributed by atoms with Gasteiger partial charge in [-0.15, -0.1) is 0 Å². The van der Waals surface area contributed by atoms with Crippen molar-refractivity contribution in [1.82, 2.24) is 10.5 Å². The molecule has 1 aromatic rings. The first-order valence-electron chi connectivity index (χ1n) is 4.42. The molecule has 0 aromatic carbocycles. The van der Waals surface area contributed by atoms with Gasteiger partial charge >= 0.3 is 0 Å². The fourth-order valence-corrected chi connectivity index (χ4v) is 1.69.